The number of amides is 1. The molecular weight excluding hydrogens is 364 g/mol. The highest BCUT2D eigenvalue weighted by molar-refractivity contribution is 7.91. The van der Waals surface area contributed by atoms with Crippen LogP contribution in [0.4, 0.5) is 5.69 Å². The van der Waals surface area contributed by atoms with E-state index in [0.29, 0.717) is 0 Å². The number of aryl methyl sites for hydroxylation is 1. The number of nitrogens with one attached hydrogen (secondary N) is 2. The lowest BCUT2D eigenvalue weighted by Crippen LogP contribution is -2.32. The summed E-state index contributed by atoms with van der Waals surface area (Å²) in [5, 5.41) is 2.52. The lowest BCUT2D eigenvalue weighted by Gasteiger charge is -2.10. The summed E-state index contributed by atoms with van der Waals surface area (Å²) in [7, 11) is -3.75. The number of carbonyl (C=O) groups excluding carboxylic acids is 2. The fourth-order valence-electron chi connectivity index (χ4n) is 1.96. The van der Waals surface area contributed by atoms with Crippen molar-refractivity contribution in [2.24, 2.45) is 0 Å². The summed E-state index contributed by atoms with van der Waals surface area (Å²) < 4.78 is 31.5. The molecule has 0 spiro atoms. The van der Waals surface area contributed by atoms with Crippen LogP contribution in [0.3, 0.4) is 0 Å². The fourth-order valence-corrected chi connectivity index (χ4v) is 4.27. The first-order valence-electron chi connectivity index (χ1n) is 7.45. The molecule has 0 saturated heterocycles. The van der Waals surface area contributed by atoms with Crippen LogP contribution in [-0.4, -0.2) is 33.4 Å². The predicted octanol–water partition coefficient (Wildman–Crippen LogP) is 2.15. The second-order valence-electron chi connectivity index (χ2n) is 5.00. The van der Waals surface area contributed by atoms with Gasteiger partial charge in [-0.05, 0) is 38.1 Å². The molecule has 2 aromatic rings. The van der Waals surface area contributed by atoms with Crippen LogP contribution in [0, 0.1) is 6.92 Å². The second-order valence-corrected chi connectivity index (χ2v) is 8.29. The zero-order valence-electron chi connectivity index (χ0n) is 13.7. The van der Waals surface area contributed by atoms with E-state index in [-0.39, 0.29) is 22.1 Å². The van der Waals surface area contributed by atoms with Gasteiger partial charge >= 0.3 is 5.97 Å². The van der Waals surface area contributed by atoms with Crippen LogP contribution in [0.5, 0.6) is 0 Å². The van der Waals surface area contributed by atoms with Crippen LogP contribution in [0.1, 0.15) is 22.2 Å². The molecule has 25 heavy (non-hydrogen) atoms. The van der Waals surface area contributed by atoms with Gasteiger partial charge in [0.15, 0.2) is 0 Å². The summed E-state index contributed by atoms with van der Waals surface area (Å²) in [5.74, 6) is -1.15. The molecule has 0 radical (unpaired) electrons. The molecule has 0 aliphatic heterocycles. The molecule has 2 rings (SSSR count). The van der Waals surface area contributed by atoms with Crippen molar-refractivity contribution >= 4 is 38.9 Å². The highest BCUT2D eigenvalue weighted by atomic mass is 32.2. The largest absolute Gasteiger partial charge is 0.462 e. The Labute approximate surface area is 150 Å². The summed E-state index contributed by atoms with van der Waals surface area (Å²) in [6.45, 7) is 3.24. The van der Waals surface area contributed by atoms with Crippen molar-refractivity contribution in [1.82, 2.24) is 4.72 Å². The van der Waals surface area contributed by atoms with E-state index in [0.717, 1.165) is 16.2 Å². The molecular formula is C16H18N2O5S2. The van der Waals surface area contributed by atoms with E-state index in [9.17, 15) is 18.0 Å². The minimum Gasteiger partial charge on any atom is -0.462 e. The number of benzene rings is 1. The van der Waals surface area contributed by atoms with Crippen molar-refractivity contribution in [2.75, 3.05) is 18.5 Å². The third-order valence-corrected chi connectivity index (χ3v) is 5.99. The molecule has 1 heterocycles. The van der Waals surface area contributed by atoms with E-state index < -0.39 is 28.4 Å². The molecule has 1 aromatic heterocycles. The van der Waals surface area contributed by atoms with Gasteiger partial charge in [-0.25, -0.2) is 17.9 Å². The van der Waals surface area contributed by atoms with Gasteiger partial charge < -0.3 is 10.1 Å². The lowest BCUT2D eigenvalue weighted by atomic mass is 10.2. The number of sulfonamides is 1. The van der Waals surface area contributed by atoms with E-state index >= 15 is 0 Å². The third kappa shape index (κ3) is 5.12. The van der Waals surface area contributed by atoms with Gasteiger partial charge in [0.05, 0.1) is 24.4 Å². The average Bonchev–Trinajstić information content (AvgIpc) is 3.01. The molecule has 0 unspecified atom stereocenters. The van der Waals surface area contributed by atoms with Crippen LogP contribution in [-0.2, 0) is 19.6 Å². The molecule has 1 aromatic carbocycles. The highest BCUT2D eigenvalue weighted by Gasteiger charge is 2.18. The van der Waals surface area contributed by atoms with Crippen molar-refractivity contribution in [3.63, 3.8) is 0 Å². The number of para-hydroxylation sites is 1. The van der Waals surface area contributed by atoms with E-state index in [1.165, 1.54) is 12.1 Å². The van der Waals surface area contributed by atoms with Crippen molar-refractivity contribution in [3.05, 3.63) is 46.8 Å². The van der Waals surface area contributed by atoms with E-state index in [4.69, 9.17) is 4.74 Å². The maximum atomic E-state index is 12.1. The zero-order valence-corrected chi connectivity index (χ0v) is 15.4. The van der Waals surface area contributed by atoms with Gasteiger partial charge in [0.2, 0.25) is 5.91 Å². The number of carbonyl (C=O) groups is 2. The minimum absolute atomic E-state index is 0.143. The van der Waals surface area contributed by atoms with Gasteiger partial charge in [-0.1, -0.05) is 12.1 Å². The Morgan fingerprint density at radius 1 is 1.16 bits per heavy atom. The highest BCUT2D eigenvalue weighted by Crippen LogP contribution is 2.20. The Morgan fingerprint density at radius 2 is 1.88 bits per heavy atom. The molecule has 1 amide bonds. The number of hydrogen-bond acceptors (Lipinski definition) is 6. The van der Waals surface area contributed by atoms with Crippen LogP contribution in [0.25, 0.3) is 0 Å². The smallest absolute Gasteiger partial charge is 0.340 e. The average molecular weight is 382 g/mol. The molecule has 0 fully saturated rings. The number of anilines is 1. The van der Waals surface area contributed by atoms with Gasteiger partial charge in [0.1, 0.15) is 4.21 Å². The van der Waals surface area contributed by atoms with Crippen molar-refractivity contribution in [2.45, 2.75) is 18.1 Å². The molecule has 0 aliphatic rings. The van der Waals surface area contributed by atoms with E-state index in [2.05, 4.69) is 10.0 Å². The first kappa shape index (κ1) is 19.1. The summed E-state index contributed by atoms with van der Waals surface area (Å²) in [4.78, 5) is 24.8. The Kier molecular flexibility index (Phi) is 6.29. The first-order valence-corrected chi connectivity index (χ1v) is 9.75. The van der Waals surface area contributed by atoms with Crippen molar-refractivity contribution in [3.8, 4) is 0 Å². The van der Waals surface area contributed by atoms with Gasteiger partial charge in [0, 0.05) is 4.88 Å². The quantitative estimate of drug-likeness (QED) is 0.715. The van der Waals surface area contributed by atoms with Crippen LogP contribution in [0.15, 0.2) is 40.6 Å². The first-order chi connectivity index (χ1) is 11.8. The Bertz CT molecular complexity index is 874. The number of esters is 1. The van der Waals surface area contributed by atoms with E-state index in [1.807, 2.05) is 0 Å². The summed E-state index contributed by atoms with van der Waals surface area (Å²) in [6, 6.07) is 9.53. The van der Waals surface area contributed by atoms with Crippen LogP contribution >= 0.6 is 11.3 Å². The van der Waals surface area contributed by atoms with Crippen molar-refractivity contribution < 1.29 is 22.7 Å². The molecule has 0 atom stereocenters. The molecule has 9 heteroatoms. The fraction of sp³-hybridized carbons (Fsp3) is 0.250. The number of thiophene rings is 1. The third-order valence-electron chi connectivity index (χ3n) is 3.10. The molecule has 0 bridgehead atoms. The zero-order chi connectivity index (χ0) is 18.4. The number of ether oxygens (including phenoxy) is 1. The molecule has 134 valence electrons. The van der Waals surface area contributed by atoms with Gasteiger partial charge in [0.25, 0.3) is 10.0 Å². The van der Waals surface area contributed by atoms with Gasteiger partial charge in [-0.15, -0.1) is 11.3 Å². The van der Waals surface area contributed by atoms with E-state index in [1.54, 1.807) is 38.1 Å². The minimum atomic E-state index is -3.75. The topological polar surface area (TPSA) is 102 Å². The number of hydrogen-bond donors (Lipinski definition) is 2. The Hall–Kier alpha value is -2.23. The maximum Gasteiger partial charge on any atom is 0.340 e. The second kappa shape index (κ2) is 8.24. The maximum absolute atomic E-state index is 12.1. The predicted molar refractivity (Wildman–Crippen MR) is 95.3 cm³/mol. The SMILES string of the molecule is CCOC(=O)c1ccccc1NC(=O)CNS(=O)(=O)c1ccc(C)s1. The van der Waals surface area contributed by atoms with Crippen LogP contribution in [0.2, 0.25) is 0 Å². The molecule has 7 nitrogen and oxygen atoms in total. The van der Waals surface area contributed by atoms with Crippen molar-refractivity contribution in [1.29, 1.82) is 0 Å². The normalized spacial score (nSPS) is 11.1. The van der Waals surface area contributed by atoms with Gasteiger partial charge in [-0.3, -0.25) is 4.79 Å². The van der Waals surface area contributed by atoms with Crippen LogP contribution < -0.4 is 10.0 Å². The summed E-state index contributed by atoms with van der Waals surface area (Å²) in [6.07, 6.45) is 0. The molecule has 2 N–H and O–H groups in total. The molecule has 0 saturated carbocycles. The van der Waals surface area contributed by atoms with Gasteiger partial charge in [-0.2, -0.15) is 0 Å². The summed E-state index contributed by atoms with van der Waals surface area (Å²) in [5.41, 5.74) is 0.464. The number of rotatable bonds is 7. The lowest BCUT2D eigenvalue weighted by molar-refractivity contribution is -0.115. The summed E-state index contributed by atoms with van der Waals surface area (Å²) >= 11 is 1.12. The molecule has 0 aliphatic carbocycles. The Balaban J connectivity index is 2.03. The standard InChI is InChI=1S/C16H18N2O5S2/c1-3-23-16(20)12-6-4-5-7-13(12)18-14(19)10-17-25(21,22)15-9-8-11(2)24-15/h4-9,17H,3,10H2,1-2H3,(H,18,19). The monoisotopic (exact) mass is 382 g/mol. The Morgan fingerprint density at radius 3 is 2.52 bits per heavy atom.